The molecule has 0 radical (unpaired) electrons. The number of carbonyl (C=O) groups excluding carboxylic acids is 4. The maximum absolute atomic E-state index is 12.6. The summed E-state index contributed by atoms with van der Waals surface area (Å²) in [4.78, 5) is 51.1. The number of imide groups is 1. The van der Waals surface area contributed by atoms with Gasteiger partial charge in [-0.05, 0) is 32.0 Å². The zero-order chi connectivity index (χ0) is 19.0. The normalized spacial score (nSPS) is 14.2. The number of anilines is 1. The first kappa shape index (κ1) is 17.8. The number of thiophene rings is 1. The van der Waals surface area contributed by atoms with Crippen molar-refractivity contribution >= 4 is 40.0 Å². The number of hydrogen-bond donors (Lipinski definition) is 1. The smallest absolute Gasteiger partial charge is 0.340 e. The fourth-order valence-electron chi connectivity index (χ4n) is 2.76. The molecular weight excluding hydrogens is 356 g/mol. The van der Waals surface area contributed by atoms with Gasteiger partial charge in [0.05, 0.1) is 23.8 Å². The molecule has 26 heavy (non-hydrogen) atoms. The van der Waals surface area contributed by atoms with E-state index in [4.69, 9.17) is 4.74 Å². The Balaban J connectivity index is 1.83. The van der Waals surface area contributed by atoms with Crippen molar-refractivity contribution < 1.29 is 23.9 Å². The Labute approximate surface area is 153 Å². The van der Waals surface area contributed by atoms with Crippen molar-refractivity contribution in [3.05, 3.63) is 51.9 Å². The molecule has 2 aromatic rings. The van der Waals surface area contributed by atoms with Crippen molar-refractivity contribution in [1.82, 2.24) is 4.90 Å². The van der Waals surface area contributed by atoms with Crippen LogP contribution < -0.4 is 5.32 Å². The Morgan fingerprint density at radius 3 is 2.27 bits per heavy atom. The predicted molar refractivity (Wildman–Crippen MR) is 95.4 cm³/mol. The molecule has 1 aromatic carbocycles. The molecular formula is C18H16N2O5S. The first-order valence-corrected chi connectivity index (χ1v) is 8.63. The molecule has 0 saturated heterocycles. The van der Waals surface area contributed by atoms with E-state index >= 15 is 0 Å². The molecule has 1 N–H and O–H groups in total. The molecule has 1 unspecified atom stereocenters. The number of rotatable bonds is 4. The lowest BCUT2D eigenvalue weighted by molar-refractivity contribution is -0.119. The van der Waals surface area contributed by atoms with Gasteiger partial charge >= 0.3 is 5.97 Å². The van der Waals surface area contributed by atoms with Crippen LogP contribution in [-0.2, 0) is 9.53 Å². The average Bonchev–Trinajstić information content (AvgIpc) is 3.12. The number of aryl methyl sites for hydroxylation is 1. The minimum absolute atomic E-state index is 0.234. The second-order valence-electron chi connectivity index (χ2n) is 5.78. The lowest BCUT2D eigenvalue weighted by Crippen LogP contribution is -2.45. The van der Waals surface area contributed by atoms with E-state index in [0.29, 0.717) is 5.00 Å². The molecule has 2 heterocycles. The van der Waals surface area contributed by atoms with Crippen LogP contribution in [0.25, 0.3) is 0 Å². The third-order valence-electron chi connectivity index (χ3n) is 4.09. The van der Waals surface area contributed by atoms with Gasteiger partial charge in [0.25, 0.3) is 11.8 Å². The maximum atomic E-state index is 12.6. The molecule has 1 atom stereocenters. The average molecular weight is 372 g/mol. The molecule has 1 aliphatic rings. The van der Waals surface area contributed by atoms with Crippen LogP contribution >= 0.6 is 11.3 Å². The van der Waals surface area contributed by atoms with E-state index < -0.39 is 29.7 Å². The monoisotopic (exact) mass is 372 g/mol. The first-order chi connectivity index (χ1) is 12.3. The van der Waals surface area contributed by atoms with Gasteiger partial charge < -0.3 is 10.1 Å². The van der Waals surface area contributed by atoms with Gasteiger partial charge in [-0.15, -0.1) is 11.3 Å². The van der Waals surface area contributed by atoms with Crippen molar-refractivity contribution in [3.63, 3.8) is 0 Å². The molecule has 0 saturated carbocycles. The second-order valence-corrected chi connectivity index (χ2v) is 7.04. The highest BCUT2D eigenvalue weighted by Crippen LogP contribution is 2.29. The van der Waals surface area contributed by atoms with Crippen molar-refractivity contribution in [2.45, 2.75) is 19.9 Å². The van der Waals surface area contributed by atoms with Gasteiger partial charge in [-0.1, -0.05) is 12.1 Å². The first-order valence-electron chi connectivity index (χ1n) is 7.81. The highest BCUT2D eigenvalue weighted by atomic mass is 32.1. The maximum Gasteiger partial charge on any atom is 0.340 e. The third-order valence-corrected chi connectivity index (χ3v) is 5.06. The standard InChI is InChI=1S/C18H16N2O5S/c1-9-8-13(18(24)25-3)15(26-9)19-14(21)10(2)20-16(22)11-6-4-5-7-12(11)17(20)23/h4-8,10H,1-3H3,(H,19,21). The second kappa shape index (κ2) is 6.72. The van der Waals surface area contributed by atoms with Crippen LogP contribution in [0.3, 0.4) is 0 Å². The van der Waals surface area contributed by atoms with Gasteiger partial charge in [0.1, 0.15) is 11.0 Å². The van der Waals surface area contributed by atoms with E-state index in [1.807, 2.05) is 0 Å². The number of ether oxygens (including phenoxy) is 1. The fraction of sp³-hybridized carbons (Fsp3) is 0.222. The Hall–Kier alpha value is -3.00. The van der Waals surface area contributed by atoms with E-state index in [-0.39, 0.29) is 16.7 Å². The molecule has 1 aromatic heterocycles. The van der Waals surface area contributed by atoms with Gasteiger partial charge in [0.15, 0.2) is 0 Å². The van der Waals surface area contributed by atoms with Crippen molar-refractivity contribution in [3.8, 4) is 0 Å². The summed E-state index contributed by atoms with van der Waals surface area (Å²) in [6.07, 6.45) is 0. The summed E-state index contributed by atoms with van der Waals surface area (Å²) in [5.41, 5.74) is 0.789. The number of benzene rings is 1. The zero-order valence-electron chi connectivity index (χ0n) is 14.4. The highest BCUT2D eigenvalue weighted by molar-refractivity contribution is 7.16. The van der Waals surface area contributed by atoms with Gasteiger partial charge in [-0.3, -0.25) is 19.3 Å². The third kappa shape index (κ3) is 2.88. The SMILES string of the molecule is COC(=O)c1cc(C)sc1NC(=O)C(C)N1C(=O)c2ccccc2C1=O. The molecule has 3 rings (SSSR count). The quantitative estimate of drug-likeness (QED) is 0.657. The number of methoxy groups -OCH3 is 1. The number of nitrogens with one attached hydrogen (secondary N) is 1. The van der Waals surface area contributed by atoms with E-state index in [1.54, 1.807) is 37.3 Å². The Morgan fingerprint density at radius 1 is 1.15 bits per heavy atom. The molecule has 8 heteroatoms. The Morgan fingerprint density at radius 2 is 1.73 bits per heavy atom. The number of carbonyl (C=O) groups is 4. The summed E-state index contributed by atoms with van der Waals surface area (Å²) in [6.45, 7) is 3.26. The predicted octanol–water partition coefficient (Wildman–Crippen LogP) is 2.47. The molecule has 3 amide bonds. The fourth-order valence-corrected chi connectivity index (χ4v) is 3.66. The minimum atomic E-state index is -1.03. The molecule has 0 spiro atoms. The van der Waals surface area contributed by atoms with Crippen LogP contribution in [0.1, 0.15) is 42.9 Å². The van der Waals surface area contributed by atoms with Crippen LogP contribution in [0.15, 0.2) is 30.3 Å². The summed E-state index contributed by atoms with van der Waals surface area (Å²) >= 11 is 1.21. The minimum Gasteiger partial charge on any atom is -0.465 e. The molecule has 0 aliphatic carbocycles. The lowest BCUT2D eigenvalue weighted by atomic mass is 10.1. The van der Waals surface area contributed by atoms with E-state index in [1.165, 1.54) is 25.4 Å². The summed E-state index contributed by atoms with van der Waals surface area (Å²) < 4.78 is 4.71. The molecule has 0 bridgehead atoms. The number of esters is 1. The number of hydrogen-bond acceptors (Lipinski definition) is 6. The molecule has 7 nitrogen and oxygen atoms in total. The van der Waals surface area contributed by atoms with Crippen molar-refractivity contribution in [2.75, 3.05) is 12.4 Å². The van der Waals surface area contributed by atoms with Gasteiger partial charge in [-0.25, -0.2) is 4.79 Å². The molecule has 0 fully saturated rings. The van der Waals surface area contributed by atoms with Crippen LogP contribution in [0.5, 0.6) is 0 Å². The van der Waals surface area contributed by atoms with Crippen molar-refractivity contribution in [1.29, 1.82) is 0 Å². The summed E-state index contributed by atoms with van der Waals surface area (Å²) in [7, 11) is 1.25. The topological polar surface area (TPSA) is 92.8 Å². The Bertz CT molecular complexity index is 898. The van der Waals surface area contributed by atoms with Gasteiger partial charge in [-0.2, -0.15) is 0 Å². The lowest BCUT2D eigenvalue weighted by Gasteiger charge is -2.21. The van der Waals surface area contributed by atoms with Crippen LogP contribution in [0.2, 0.25) is 0 Å². The molecule has 1 aliphatic heterocycles. The number of nitrogens with zero attached hydrogens (tertiary/aromatic N) is 1. The summed E-state index contributed by atoms with van der Waals surface area (Å²) in [5, 5.41) is 2.95. The largest absolute Gasteiger partial charge is 0.465 e. The van der Waals surface area contributed by atoms with Crippen molar-refractivity contribution in [2.24, 2.45) is 0 Å². The van der Waals surface area contributed by atoms with E-state index in [9.17, 15) is 19.2 Å². The van der Waals surface area contributed by atoms with E-state index in [2.05, 4.69) is 5.32 Å². The van der Waals surface area contributed by atoms with E-state index in [0.717, 1.165) is 9.78 Å². The number of amides is 3. The summed E-state index contributed by atoms with van der Waals surface area (Å²) in [6, 6.07) is 7.01. The summed E-state index contributed by atoms with van der Waals surface area (Å²) in [5.74, 6) is -2.16. The Kier molecular flexibility index (Phi) is 4.60. The van der Waals surface area contributed by atoms with Gasteiger partial charge in [0, 0.05) is 4.88 Å². The van der Waals surface area contributed by atoms with Gasteiger partial charge in [0.2, 0.25) is 5.91 Å². The highest BCUT2D eigenvalue weighted by Gasteiger charge is 2.40. The zero-order valence-corrected chi connectivity index (χ0v) is 15.2. The molecule has 134 valence electrons. The van der Waals surface area contributed by atoms with Crippen LogP contribution in [0.4, 0.5) is 5.00 Å². The van der Waals surface area contributed by atoms with Crippen LogP contribution in [0, 0.1) is 6.92 Å². The van der Waals surface area contributed by atoms with Crippen LogP contribution in [-0.4, -0.2) is 41.7 Å². The number of fused-ring (bicyclic) bond motifs is 1.